The van der Waals surface area contributed by atoms with Gasteiger partial charge in [-0.15, -0.1) is 0 Å². The van der Waals surface area contributed by atoms with E-state index in [0.29, 0.717) is 0 Å². The quantitative estimate of drug-likeness (QED) is 0.0541. The van der Waals surface area contributed by atoms with Gasteiger partial charge in [0.05, 0.1) is 45.5 Å². The van der Waals surface area contributed by atoms with Gasteiger partial charge in [-0.05, 0) is 81.1 Å². The van der Waals surface area contributed by atoms with Crippen LogP contribution in [0.3, 0.4) is 0 Å². The smallest absolute Gasteiger partial charge is 0.0971 e. The van der Waals surface area contributed by atoms with Crippen molar-refractivity contribution in [2.45, 2.75) is 298 Å². The Labute approximate surface area is 387 Å². The van der Waals surface area contributed by atoms with Crippen molar-refractivity contribution in [3.05, 3.63) is 0 Å². The number of hydrogen-bond donors (Lipinski definition) is 4. The first-order chi connectivity index (χ1) is 29.6. The van der Waals surface area contributed by atoms with Gasteiger partial charge in [0, 0.05) is 51.9 Å². The van der Waals surface area contributed by atoms with Crippen LogP contribution in [0, 0.1) is 0 Å². The summed E-state index contributed by atoms with van der Waals surface area (Å²) in [4.78, 5) is 18.6. The fraction of sp³-hybridized carbons (Fsp3) is 0.926. The summed E-state index contributed by atoms with van der Waals surface area (Å²) in [6, 6.07) is 0. The molecule has 4 N–H and O–H groups in total. The first-order valence-electron chi connectivity index (χ1n) is 26.9. The molecule has 0 aromatic heterocycles. The Kier molecular flexibility index (Phi) is 32.0. The minimum Gasteiger partial charge on any atom is -0.371 e. The van der Waals surface area contributed by atoms with Crippen LogP contribution in [0.25, 0.3) is 0 Å². The van der Waals surface area contributed by atoms with Crippen molar-refractivity contribution in [2.24, 2.45) is 20.0 Å². The molecule has 0 saturated carbocycles. The highest BCUT2D eigenvalue weighted by molar-refractivity contribution is 5.85. The van der Waals surface area contributed by atoms with Crippen molar-refractivity contribution in [2.75, 3.05) is 26.2 Å². The van der Waals surface area contributed by atoms with Gasteiger partial charge in [0.15, 0.2) is 0 Å². The number of amidine groups is 4. The highest BCUT2D eigenvalue weighted by Crippen LogP contribution is 2.19. The Hall–Kier alpha value is -2.12. The van der Waals surface area contributed by atoms with Crippen LogP contribution in [0.5, 0.6) is 0 Å². The van der Waals surface area contributed by atoms with E-state index in [2.05, 4.69) is 119 Å². The van der Waals surface area contributed by atoms with Gasteiger partial charge in [-0.2, -0.15) is 0 Å². The third-order valence-corrected chi connectivity index (χ3v) is 12.2. The molecule has 0 aliphatic carbocycles. The van der Waals surface area contributed by atoms with Crippen molar-refractivity contribution in [3.8, 4) is 0 Å². The molecule has 0 amide bonds. The van der Waals surface area contributed by atoms with E-state index in [0.717, 1.165) is 51.9 Å². The standard InChI is InChI=1S/C18H36N2.C14H28N2.C12H24N2.C10H20N2/c1-4-5-6-7-8-9-10-11-12-13-14-15-17-19-16-18(2,3)20-17;1-4-5-6-7-8-9-10-11-13-15-12-14(2,3)16-13;1-4-5-6-7-8-9-11-13-10-12(2,3)14-11;1-4-5-6-7-9-11-8-10(2,3)12-9/h4-16H2,1-3H3,(H,19,20);4-12H2,1-3H3,(H,15,16);4-10H2,1-3H3,(H,13,14);4-8H2,1-3H3,(H,11,12). The Morgan fingerprint density at radius 1 is 0.274 bits per heavy atom. The molecule has 8 heteroatoms. The van der Waals surface area contributed by atoms with E-state index in [1.165, 1.54) is 190 Å². The summed E-state index contributed by atoms with van der Waals surface area (Å²) < 4.78 is 0. The monoisotopic (exact) mass is 869 g/mol. The Bertz CT molecular complexity index is 1230. The van der Waals surface area contributed by atoms with Crippen molar-refractivity contribution in [3.63, 3.8) is 0 Å². The molecule has 0 bridgehead atoms. The van der Waals surface area contributed by atoms with Crippen LogP contribution in [0.15, 0.2) is 20.0 Å². The zero-order chi connectivity index (χ0) is 46.0. The first kappa shape index (κ1) is 57.9. The van der Waals surface area contributed by atoms with Crippen molar-refractivity contribution in [1.29, 1.82) is 0 Å². The number of unbranched alkanes of at least 4 members (excludes halogenated alkanes) is 22. The van der Waals surface area contributed by atoms with Gasteiger partial charge < -0.3 is 21.3 Å². The molecule has 0 aromatic rings. The second-order valence-electron chi connectivity index (χ2n) is 21.7. The highest BCUT2D eigenvalue weighted by atomic mass is 15.1. The van der Waals surface area contributed by atoms with Crippen LogP contribution < -0.4 is 21.3 Å². The predicted molar refractivity (Wildman–Crippen MR) is 279 cm³/mol. The Morgan fingerprint density at radius 2 is 0.435 bits per heavy atom. The summed E-state index contributed by atoms with van der Waals surface area (Å²) in [6.45, 7) is 30.6. The van der Waals surface area contributed by atoms with Crippen LogP contribution >= 0.6 is 0 Å². The predicted octanol–water partition coefficient (Wildman–Crippen LogP) is 14.8. The maximum atomic E-state index is 4.71. The molecule has 0 spiro atoms. The minimum absolute atomic E-state index is 0.132. The molecule has 4 aliphatic heterocycles. The molecule has 0 atom stereocenters. The molecular weight excluding hydrogens is 761 g/mol. The van der Waals surface area contributed by atoms with E-state index in [1.807, 2.05) is 0 Å². The SMILES string of the molecule is CCCCCC1=NC(C)(C)CN1.CCCCCCCC1=NC(C)(C)CN1.CCCCCCCCCC1=NC(C)(C)CN1.CCCCCCCCCCCCCC1=NC(C)(C)CN1. The first-order valence-corrected chi connectivity index (χ1v) is 26.9. The largest absolute Gasteiger partial charge is 0.371 e. The van der Waals surface area contributed by atoms with E-state index in [-0.39, 0.29) is 22.2 Å². The Balaban J connectivity index is 0.000000420. The molecule has 62 heavy (non-hydrogen) atoms. The van der Waals surface area contributed by atoms with Crippen LogP contribution in [-0.2, 0) is 0 Å². The second-order valence-corrected chi connectivity index (χ2v) is 21.7. The number of hydrogen-bond acceptors (Lipinski definition) is 8. The molecule has 0 aromatic carbocycles. The number of nitrogens with one attached hydrogen (secondary N) is 4. The maximum absolute atomic E-state index is 4.71. The topological polar surface area (TPSA) is 97.6 Å². The molecule has 4 rings (SSSR count). The molecule has 0 fully saturated rings. The van der Waals surface area contributed by atoms with E-state index < -0.39 is 0 Å². The summed E-state index contributed by atoms with van der Waals surface area (Å²) in [5.74, 6) is 4.92. The fourth-order valence-electron chi connectivity index (χ4n) is 8.27. The van der Waals surface area contributed by atoms with Gasteiger partial charge in [-0.3, -0.25) is 20.0 Å². The van der Waals surface area contributed by atoms with Crippen molar-refractivity contribution >= 4 is 23.3 Å². The fourth-order valence-corrected chi connectivity index (χ4v) is 8.27. The third-order valence-electron chi connectivity index (χ3n) is 12.2. The molecule has 0 saturated heterocycles. The highest BCUT2D eigenvalue weighted by Gasteiger charge is 2.25. The summed E-state index contributed by atoms with van der Waals surface area (Å²) >= 11 is 0. The molecule has 0 unspecified atom stereocenters. The lowest BCUT2D eigenvalue weighted by atomic mass is 10.1. The molecule has 0 radical (unpaired) electrons. The molecule has 4 aliphatic rings. The van der Waals surface area contributed by atoms with E-state index in [1.54, 1.807) is 0 Å². The average Bonchev–Trinajstić information content (AvgIpc) is 3.97. The number of aliphatic imine (C=N–C) groups is 4. The normalized spacial score (nSPS) is 18.5. The maximum Gasteiger partial charge on any atom is 0.0971 e. The lowest BCUT2D eigenvalue weighted by Gasteiger charge is -2.09. The van der Waals surface area contributed by atoms with Gasteiger partial charge in [-0.1, -0.05) is 169 Å². The molecular formula is C54H108N8. The van der Waals surface area contributed by atoms with Crippen molar-refractivity contribution < 1.29 is 0 Å². The van der Waals surface area contributed by atoms with E-state index in [4.69, 9.17) is 4.99 Å². The van der Waals surface area contributed by atoms with Gasteiger partial charge in [0.2, 0.25) is 0 Å². The summed E-state index contributed by atoms with van der Waals surface area (Å²) in [6.07, 6.45) is 40.4. The minimum atomic E-state index is 0.132. The lowest BCUT2D eigenvalue weighted by Crippen LogP contribution is -2.26. The molecule has 4 heterocycles. The van der Waals surface area contributed by atoms with Crippen LogP contribution in [0.4, 0.5) is 0 Å². The molecule has 364 valence electrons. The van der Waals surface area contributed by atoms with Crippen LogP contribution in [0.2, 0.25) is 0 Å². The summed E-state index contributed by atoms with van der Waals surface area (Å²) in [7, 11) is 0. The van der Waals surface area contributed by atoms with Gasteiger partial charge in [-0.25, -0.2) is 0 Å². The summed E-state index contributed by atoms with van der Waals surface area (Å²) in [5.41, 5.74) is 0.546. The van der Waals surface area contributed by atoms with Gasteiger partial charge >= 0.3 is 0 Å². The zero-order valence-corrected chi connectivity index (χ0v) is 43.8. The number of nitrogens with zero attached hydrogens (tertiary/aromatic N) is 4. The zero-order valence-electron chi connectivity index (χ0n) is 43.8. The second kappa shape index (κ2) is 34.3. The van der Waals surface area contributed by atoms with Crippen LogP contribution in [-0.4, -0.2) is 71.7 Å². The Morgan fingerprint density at radius 3 is 0.613 bits per heavy atom. The van der Waals surface area contributed by atoms with Gasteiger partial charge in [0.25, 0.3) is 0 Å². The lowest BCUT2D eigenvalue weighted by molar-refractivity contribution is 0.549. The van der Waals surface area contributed by atoms with Gasteiger partial charge in [0.1, 0.15) is 0 Å². The third kappa shape index (κ3) is 32.5. The van der Waals surface area contributed by atoms with Crippen molar-refractivity contribution in [1.82, 2.24) is 21.3 Å². The number of rotatable bonds is 30. The molecule has 8 nitrogen and oxygen atoms in total. The summed E-state index contributed by atoms with van der Waals surface area (Å²) in [5, 5.41) is 13.6. The van der Waals surface area contributed by atoms with E-state index in [9.17, 15) is 0 Å². The average molecular weight is 870 g/mol. The van der Waals surface area contributed by atoms with E-state index >= 15 is 0 Å². The van der Waals surface area contributed by atoms with Crippen LogP contribution in [0.1, 0.15) is 276 Å².